The van der Waals surface area contributed by atoms with Crippen LogP contribution in [0.15, 0.2) is 0 Å². The van der Waals surface area contributed by atoms with E-state index in [0.717, 1.165) is 0 Å². The molecule has 0 radical (unpaired) electrons. The minimum atomic E-state index is 1.37. The second kappa shape index (κ2) is 54.3. The third kappa shape index (κ3) is 49.2. The lowest BCUT2D eigenvalue weighted by molar-refractivity contribution is -0.929. The topological polar surface area (TPSA) is 0 Å². The summed E-state index contributed by atoms with van der Waals surface area (Å²) in [4.78, 5) is 0. The molecule has 1 heteroatoms. The van der Waals surface area contributed by atoms with Gasteiger partial charge >= 0.3 is 0 Å². The molecule has 0 bridgehead atoms. The summed E-state index contributed by atoms with van der Waals surface area (Å²) in [5.41, 5.74) is 0. The van der Waals surface area contributed by atoms with Gasteiger partial charge in [0.2, 0.25) is 0 Å². The van der Waals surface area contributed by atoms with Gasteiger partial charge in [0.1, 0.15) is 0 Å². The van der Waals surface area contributed by atoms with Crippen molar-refractivity contribution in [3.8, 4) is 0 Å². The van der Waals surface area contributed by atoms with Crippen LogP contribution >= 0.6 is 0 Å². The zero-order valence-corrected chi connectivity index (χ0v) is 44.0. The molecule has 0 aromatic heterocycles. The molecule has 0 spiro atoms. The first-order chi connectivity index (χ1) is 30.2. The summed E-state index contributed by atoms with van der Waals surface area (Å²) in [6.45, 7) is 15.3. The van der Waals surface area contributed by atoms with E-state index in [0.29, 0.717) is 0 Å². The van der Waals surface area contributed by atoms with Gasteiger partial charge in [0.05, 0.1) is 26.2 Å². The monoisotopic (exact) mass is 859 g/mol. The van der Waals surface area contributed by atoms with Crippen LogP contribution in [-0.4, -0.2) is 30.7 Å². The second-order valence-corrected chi connectivity index (χ2v) is 21.2. The Morgan fingerprint density at radius 1 is 0.131 bits per heavy atom. The van der Waals surface area contributed by atoms with Crippen LogP contribution in [0.1, 0.15) is 362 Å². The third-order valence-electron chi connectivity index (χ3n) is 14.9. The molecule has 368 valence electrons. The zero-order chi connectivity index (χ0) is 44.1. The maximum Gasteiger partial charge on any atom is 0.0786 e. The number of quaternary nitrogens is 1. The molecule has 0 aliphatic carbocycles. The highest BCUT2D eigenvalue weighted by molar-refractivity contribution is 4.57. The van der Waals surface area contributed by atoms with Gasteiger partial charge in [-0.2, -0.15) is 0 Å². The van der Waals surface area contributed by atoms with Crippen LogP contribution in [0.5, 0.6) is 0 Å². The fourth-order valence-corrected chi connectivity index (χ4v) is 10.5. The van der Waals surface area contributed by atoms with Gasteiger partial charge in [0.25, 0.3) is 0 Å². The molecule has 0 aromatic rings. The van der Waals surface area contributed by atoms with E-state index in [1.165, 1.54) is 365 Å². The lowest BCUT2D eigenvalue weighted by Crippen LogP contribution is -2.50. The molecule has 0 fully saturated rings. The highest BCUT2D eigenvalue weighted by Crippen LogP contribution is 2.22. The average Bonchev–Trinajstić information content (AvgIpc) is 3.27. The molecule has 0 aliphatic rings. The summed E-state index contributed by atoms with van der Waals surface area (Å²) in [5.74, 6) is 0. The van der Waals surface area contributed by atoms with Gasteiger partial charge in [0, 0.05) is 0 Å². The molecule has 0 aliphatic heterocycles. The van der Waals surface area contributed by atoms with Crippen LogP contribution < -0.4 is 0 Å². The highest BCUT2D eigenvalue weighted by atomic mass is 15.3. The van der Waals surface area contributed by atoms with Crippen molar-refractivity contribution in [2.45, 2.75) is 362 Å². The molecule has 0 heterocycles. The van der Waals surface area contributed by atoms with E-state index >= 15 is 0 Å². The first-order valence-electron chi connectivity index (χ1n) is 30.1. The summed E-state index contributed by atoms with van der Waals surface area (Å²) < 4.78 is 1.49. The summed E-state index contributed by atoms with van der Waals surface area (Å²) >= 11 is 0. The van der Waals surface area contributed by atoms with Crippen LogP contribution in [0.2, 0.25) is 0 Å². The molecular formula is C60H124N+. The predicted octanol–water partition coefficient (Wildman–Crippen LogP) is 22.2. The van der Waals surface area contributed by atoms with Gasteiger partial charge < -0.3 is 4.48 Å². The second-order valence-electron chi connectivity index (χ2n) is 21.2. The first kappa shape index (κ1) is 61.0. The van der Waals surface area contributed by atoms with Crippen molar-refractivity contribution in [3.05, 3.63) is 0 Å². The van der Waals surface area contributed by atoms with Gasteiger partial charge in [0.15, 0.2) is 0 Å². The van der Waals surface area contributed by atoms with Gasteiger partial charge in [-0.25, -0.2) is 0 Å². The highest BCUT2D eigenvalue weighted by Gasteiger charge is 2.25. The van der Waals surface area contributed by atoms with Crippen LogP contribution in [0.25, 0.3) is 0 Å². The Balaban J connectivity index is 4.81. The van der Waals surface area contributed by atoms with E-state index in [4.69, 9.17) is 0 Å². The Morgan fingerprint density at radius 3 is 0.344 bits per heavy atom. The number of unbranched alkanes of at least 4 members (excludes halogenated alkanes) is 48. The van der Waals surface area contributed by atoms with Gasteiger partial charge in [-0.3, -0.25) is 0 Å². The molecule has 0 N–H and O–H groups in total. The number of hydrogen-bond donors (Lipinski definition) is 0. The molecular weight excluding hydrogens is 735 g/mol. The summed E-state index contributed by atoms with van der Waals surface area (Å²) in [6.07, 6.45) is 76.7. The molecule has 1 nitrogen and oxygen atoms in total. The van der Waals surface area contributed by atoms with Crippen LogP contribution in [-0.2, 0) is 0 Å². The fourth-order valence-electron chi connectivity index (χ4n) is 10.5. The van der Waals surface area contributed by atoms with Crippen molar-refractivity contribution < 1.29 is 4.48 Å². The van der Waals surface area contributed by atoms with Crippen molar-refractivity contribution in [3.63, 3.8) is 0 Å². The molecule has 61 heavy (non-hydrogen) atoms. The number of hydrogen-bond acceptors (Lipinski definition) is 0. The molecule has 0 saturated heterocycles. The standard InChI is InChI=1S/C60H124N/c1-5-9-13-17-21-25-29-31-33-35-37-39-43-47-51-55-59-61(57-53-49-45-41-27-23-19-15-11-7-3,58-54-50-46-42-28-24-20-16-12-8-4)60-56-52-48-44-40-38-36-34-32-30-26-22-18-14-10-6-2/h5-60H2,1-4H3/q+1. The molecule has 0 rings (SSSR count). The Morgan fingerprint density at radius 2 is 0.230 bits per heavy atom. The van der Waals surface area contributed by atoms with Gasteiger partial charge in [-0.15, -0.1) is 0 Å². The normalized spacial score (nSPS) is 12.0. The SMILES string of the molecule is CCCCCCCCCCCCCCCCCC[N+](CCCCCCCCCCCC)(CCCCCCCCCCCC)CCCCCCCCCCCCCCCCCC. The average molecular weight is 860 g/mol. The Labute approximate surface area is 390 Å². The number of rotatable bonds is 56. The molecule has 0 unspecified atom stereocenters. The number of nitrogens with zero attached hydrogens (tertiary/aromatic N) is 1. The maximum absolute atomic E-state index is 2.34. The Kier molecular flexibility index (Phi) is 54.3. The predicted molar refractivity (Wildman–Crippen MR) is 283 cm³/mol. The Hall–Kier alpha value is -0.0400. The minimum Gasteiger partial charge on any atom is -0.324 e. The lowest BCUT2D eigenvalue weighted by atomic mass is 10.0. The largest absolute Gasteiger partial charge is 0.324 e. The summed E-state index contributed by atoms with van der Waals surface area (Å²) in [6, 6.07) is 0. The Bertz CT molecular complexity index is 682. The first-order valence-corrected chi connectivity index (χ1v) is 30.1. The minimum absolute atomic E-state index is 1.37. The van der Waals surface area contributed by atoms with Gasteiger partial charge in [-0.1, -0.05) is 310 Å². The quantitative estimate of drug-likeness (QED) is 0.0422. The molecule has 0 aromatic carbocycles. The third-order valence-corrected chi connectivity index (χ3v) is 14.9. The van der Waals surface area contributed by atoms with E-state index < -0.39 is 0 Å². The molecule has 0 amide bonds. The van der Waals surface area contributed by atoms with E-state index in [-0.39, 0.29) is 0 Å². The molecule has 0 saturated carbocycles. The zero-order valence-electron chi connectivity index (χ0n) is 44.0. The van der Waals surface area contributed by atoms with Gasteiger partial charge in [-0.05, 0) is 51.4 Å². The van der Waals surface area contributed by atoms with Crippen molar-refractivity contribution in [1.29, 1.82) is 0 Å². The maximum atomic E-state index is 2.34. The van der Waals surface area contributed by atoms with Crippen LogP contribution in [0.4, 0.5) is 0 Å². The summed E-state index contributed by atoms with van der Waals surface area (Å²) in [5, 5.41) is 0. The van der Waals surface area contributed by atoms with E-state index in [9.17, 15) is 0 Å². The van der Waals surface area contributed by atoms with E-state index in [1.54, 1.807) is 0 Å². The van der Waals surface area contributed by atoms with Crippen LogP contribution in [0, 0.1) is 0 Å². The fraction of sp³-hybridized carbons (Fsp3) is 1.00. The van der Waals surface area contributed by atoms with E-state index in [2.05, 4.69) is 27.7 Å². The smallest absolute Gasteiger partial charge is 0.0786 e. The van der Waals surface area contributed by atoms with Crippen molar-refractivity contribution >= 4 is 0 Å². The van der Waals surface area contributed by atoms with Crippen molar-refractivity contribution in [2.24, 2.45) is 0 Å². The van der Waals surface area contributed by atoms with E-state index in [1.807, 2.05) is 0 Å². The van der Waals surface area contributed by atoms with Crippen LogP contribution in [0.3, 0.4) is 0 Å². The molecule has 0 atom stereocenters. The lowest BCUT2D eigenvalue weighted by Gasteiger charge is -2.40. The summed E-state index contributed by atoms with van der Waals surface area (Å²) in [7, 11) is 0. The van der Waals surface area contributed by atoms with Crippen molar-refractivity contribution in [1.82, 2.24) is 0 Å². The van der Waals surface area contributed by atoms with Crippen molar-refractivity contribution in [2.75, 3.05) is 26.2 Å².